The normalized spacial score (nSPS) is 13.0. The Morgan fingerprint density at radius 2 is 1.58 bits per heavy atom. The summed E-state index contributed by atoms with van der Waals surface area (Å²) in [5.74, 6) is -1.37. The number of anilines is 2. The maximum Gasteiger partial charge on any atom is 0.490 e. The van der Waals surface area contributed by atoms with Crippen molar-refractivity contribution in [1.29, 1.82) is 0 Å². The van der Waals surface area contributed by atoms with Crippen molar-refractivity contribution in [3.63, 3.8) is 0 Å². The van der Waals surface area contributed by atoms with Crippen LogP contribution in [-0.4, -0.2) is 130 Å². The minimum absolute atomic E-state index is 0.00226. The quantitative estimate of drug-likeness (QED) is 0.0633. The van der Waals surface area contributed by atoms with E-state index in [1.807, 2.05) is 6.92 Å². The Labute approximate surface area is 291 Å². The van der Waals surface area contributed by atoms with Crippen LogP contribution in [0.15, 0.2) is 18.2 Å². The predicted octanol–water partition coefficient (Wildman–Crippen LogP) is 3.02. The van der Waals surface area contributed by atoms with Crippen LogP contribution in [0.25, 0.3) is 0 Å². The number of carbonyl (C=O) groups excluding carboxylic acids is 1. The number of methoxy groups -OCH3 is 1. The first-order chi connectivity index (χ1) is 23.9. The number of nitrogens with zero attached hydrogens (tertiary/aromatic N) is 3. The summed E-state index contributed by atoms with van der Waals surface area (Å²) in [5.41, 5.74) is 8.25. The van der Waals surface area contributed by atoms with Gasteiger partial charge in [0, 0.05) is 42.4 Å². The lowest BCUT2D eigenvalue weighted by atomic mass is 10.00. The molecular formula is C33H52F3N5O9. The Bertz CT molecular complexity index is 1270. The van der Waals surface area contributed by atoms with E-state index in [9.17, 15) is 23.1 Å². The van der Waals surface area contributed by atoms with Gasteiger partial charge in [0.1, 0.15) is 11.6 Å². The minimum Gasteiger partial charge on any atom is -0.496 e. The molecule has 284 valence electrons. The third-order valence-electron chi connectivity index (χ3n) is 7.44. The van der Waals surface area contributed by atoms with Gasteiger partial charge < -0.3 is 49.7 Å². The third kappa shape index (κ3) is 15.3. The highest BCUT2D eigenvalue weighted by molar-refractivity contribution is 5.75. The minimum atomic E-state index is -5.20. The van der Waals surface area contributed by atoms with Crippen molar-refractivity contribution in [2.24, 2.45) is 0 Å². The van der Waals surface area contributed by atoms with E-state index in [0.717, 1.165) is 18.4 Å². The maximum atomic E-state index is 13.3. The number of hydrogen-bond acceptors (Lipinski definition) is 14. The lowest BCUT2D eigenvalue weighted by Gasteiger charge is -2.29. The number of alkyl halides is 3. The van der Waals surface area contributed by atoms with Crippen LogP contribution in [0, 0.1) is 6.92 Å². The van der Waals surface area contributed by atoms with E-state index in [2.05, 4.69) is 15.3 Å². The lowest BCUT2D eigenvalue weighted by Crippen LogP contribution is -2.35. The van der Waals surface area contributed by atoms with E-state index < -0.39 is 18.4 Å². The van der Waals surface area contributed by atoms with E-state index in [-0.39, 0.29) is 63.7 Å². The van der Waals surface area contributed by atoms with Crippen LogP contribution in [0.3, 0.4) is 0 Å². The van der Waals surface area contributed by atoms with Crippen molar-refractivity contribution in [1.82, 2.24) is 14.9 Å². The van der Waals surface area contributed by atoms with Crippen LogP contribution in [0.2, 0.25) is 0 Å². The molecule has 0 aliphatic heterocycles. The average molecular weight is 720 g/mol. The first-order valence-electron chi connectivity index (χ1n) is 16.5. The Hall–Kier alpha value is -3.32. The fourth-order valence-electron chi connectivity index (χ4n) is 4.92. The zero-order chi connectivity index (χ0) is 36.9. The van der Waals surface area contributed by atoms with Crippen LogP contribution in [0.4, 0.5) is 24.9 Å². The Morgan fingerprint density at radius 1 is 0.960 bits per heavy atom. The molecule has 5 N–H and O–H groups in total. The van der Waals surface area contributed by atoms with Crippen molar-refractivity contribution in [2.45, 2.75) is 58.0 Å². The molecule has 50 heavy (non-hydrogen) atoms. The molecule has 1 aromatic carbocycles. The Kier molecular flexibility index (Phi) is 19.9. The number of aliphatic hydroxyl groups is 2. The second kappa shape index (κ2) is 23.2. The molecule has 0 spiro atoms. The van der Waals surface area contributed by atoms with E-state index in [1.54, 1.807) is 19.1 Å². The zero-order valence-electron chi connectivity index (χ0n) is 29.3. The Morgan fingerprint density at radius 3 is 2.14 bits per heavy atom. The molecule has 14 nitrogen and oxygen atoms in total. The summed E-state index contributed by atoms with van der Waals surface area (Å²) in [6.07, 6.45) is -4.12. The van der Waals surface area contributed by atoms with Crippen LogP contribution in [0.1, 0.15) is 54.8 Å². The number of rotatable bonds is 26. The molecule has 0 saturated heterocycles. The van der Waals surface area contributed by atoms with Gasteiger partial charge in [0.25, 0.3) is 0 Å². The number of nitrogens with two attached hydrogens (primary N) is 1. The second-order valence-electron chi connectivity index (χ2n) is 11.3. The topological polar surface area (TPSA) is 180 Å². The third-order valence-corrected chi connectivity index (χ3v) is 7.44. The fraction of sp³-hybridized carbons (Fsp3) is 0.667. The first kappa shape index (κ1) is 42.8. The second-order valence-corrected chi connectivity index (χ2v) is 11.3. The number of aliphatic hydroxyl groups excluding tert-OH is 2. The van der Waals surface area contributed by atoms with Crippen molar-refractivity contribution >= 4 is 17.7 Å². The summed E-state index contributed by atoms with van der Waals surface area (Å²) in [6.45, 7) is 6.23. The van der Waals surface area contributed by atoms with Gasteiger partial charge in [0.2, 0.25) is 5.95 Å². The monoisotopic (exact) mass is 719 g/mol. The van der Waals surface area contributed by atoms with Crippen molar-refractivity contribution in [3.05, 3.63) is 40.6 Å². The smallest absolute Gasteiger partial charge is 0.490 e. The number of carbonyl (C=O) groups is 1. The van der Waals surface area contributed by atoms with Gasteiger partial charge >= 0.3 is 12.1 Å². The summed E-state index contributed by atoms with van der Waals surface area (Å²) >= 11 is 0. The number of hydrogen-bond donors (Lipinski definition) is 4. The highest BCUT2D eigenvalue weighted by atomic mass is 19.4. The zero-order valence-corrected chi connectivity index (χ0v) is 29.3. The van der Waals surface area contributed by atoms with E-state index in [1.165, 1.54) is 25.1 Å². The number of likely N-dealkylation sites (N-methyl/N-ethyl adjacent to an activating group) is 1. The van der Waals surface area contributed by atoms with Gasteiger partial charge in [-0.15, -0.1) is 0 Å². The standard InChI is InChI=1S/C33H52F3N5O9/c1-5-6-26(9-11-42)39-29-27(23(2)38-32(37)40-29)21-24-7-8-25(22-28(24)45-4)30(50-31(44)33(34,35)36)41(3)10-13-46-15-17-48-19-20-49-18-16-47-14-12-43/h7-8,22,26,30,42-43H,5-6,9-21H2,1-4H3,(H3,37,38,39,40)/t26-,30?/m0/s1. The number of benzene rings is 1. The molecule has 0 aliphatic rings. The molecule has 2 aromatic rings. The van der Waals surface area contributed by atoms with E-state index in [4.69, 9.17) is 39.3 Å². The molecule has 0 aliphatic carbocycles. The molecule has 2 atom stereocenters. The van der Waals surface area contributed by atoms with Gasteiger partial charge in [-0.05, 0) is 38.4 Å². The summed E-state index contributed by atoms with van der Waals surface area (Å²) in [7, 11) is 2.95. The molecule has 17 heteroatoms. The highest BCUT2D eigenvalue weighted by Gasteiger charge is 2.43. The van der Waals surface area contributed by atoms with Gasteiger partial charge in [-0.1, -0.05) is 25.5 Å². The number of halogens is 3. The van der Waals surface area contributed by atoms with Crippen LogP contribution in [0.5, 0.6) is 5.75 Å². The average Bonchev–Trinajstić information content (AvgIpc) is 3.07. The predicted molar refractivity (Wildman–Crippen MR) is 179 cm³/mol. The van der Waals surface area contributed by atoms with Gasteiger partial charge in [-0.3, -0.25) is 4.90 Å². The van der Waals surface area contributed by atoms with Crippen molar-refractivity contribution in [3.8, 4) is 5.75 Å². The molecule has 0 amide bonds. The SMILES string of the molecule is CCC[C@@H](CCO)Nc1nc(N)nc(C)c1Cc1ccc(C(OC(=O)C(F)(F)F)N(C)CCOCCOCCOCCOCCO)cc1OC. The lowest BCUT2D eigenvalue weighted by molar-refractivity contribution is -0.213. The molecular weight excluding hydrogens is 667 g/mol. The number of nitrogens with one attached hydrogen (secondary N) is 1. The van der Waals surface area contributed by atoms with Gasteiger partial charge in [0.05, 0.1) is 66.6 Å². The van der Waals surface area contributed by atoms with E-state index in [0.29, 0.717) is 62.1 Å². The highest BCUT2D eigenvalue weighted by Crippen LogP contribution is 2.33. The van der Waals surface area contributed by atoms with Gasteiger partial charge in [0.15, 0.2) is 6.23 Å². The van der Waals surface area contributed by atoms with Crippen molar-refractivity contribution in [2.75, 3.05) is 97.8 Å². The van der Waals surface area contributed by atoms with Crippen molar-refractivity contribution < 1.29 is 56.6 Å². The van der Waals surface area contributed by atoms with Crippen LogP contribution >= 0.6 is 0 Å². The molecule has 0 saturated carbocycles. The Balaban J connectivity index is 2.12. The largest absolute Gasteiger partial charge is 0.496 e. The van der Waals surface area contributed by atoms with E-state index >= 15 is 0 Å². The number of aromatic nitrogens is 2. The number of aryl methyl sites for hydroxylation is 1. The number of ether oxygens (including phenoxy) is 6. The summed E-state index contributed by atoms with van der Waals surface area (Å²) in [6, 6.07) is 4.74. The molecule has 1 aromatic heterocycles. The number of esters is 1. The van der Waals surface area contributed by atoms with Gasteiger partial charge in [-0.25, -0.2) is 9.78 Å². The molecule has 1 heterocycles. The first-order valence-corrected chi connectivity index (χ1v) is 16.5. The van der Waals surface area contributed by atoms with Crippen LogP contribution < -0.4 is 15.8 Å². The molecule has 2 rings (SSSR count). The molecule has 1 unspecified atom stereocenters. The maximum absolute atomic E-state index is 13.3. The summed E-state index contributed by atoms with van der Waals surface area (Å²) < 4.78 is 71.9. The number of nitrogen functional groups attached to an aromatic ring is 1. The summed E-state index contributed by atoms with van der Waals surface area (Å²) in [4.78, 5) is 22.1. The van der Waals surface area contributed by atoms with Gasteiger partial charge in [-0.2, -0.15) is 18.2 Å². The van der Waals surface area contributed by atoms with Crippen LogP contribution in [-0.2, 0) is 34.9 Å². The summed E-state index contributed by atoms with van der Waals surface area (Å²) in [5, 5.41) is 21.6. The fourth-order valence-corrected chi connectivity index (χ4v) is 4.92. The molecule has 0 fully saturated rings. The molecule has 0 radical (unpaired) electrons. The molecule has 0 bridgehead atoms.